The van der Waals surface area contributed by atoms with Crippen LogP contribution in [0.15, 0.2) is 34.9 Å². The smallest absolute Gasteiger partial charge is 0.161 e. The molecule has 2 rings (SSSR count). The van der Waals surface area contributed by atoms with E-state index < -0.39 is 5.44 Å². The van der Waals surface area contributed by atoms with Gasteiger partial charge in [0.2, 0.25) is 0 Å². The van der Waals surface area contributed by atoms with Gasteiger partial charge >= 0.3 is 0 Å². The molecule has 1 aliphatic heterocycles. The van der Waals surface area contributed by atoms with Gasteiger partial charge in [0.15, 0.2) is 5.44 Å². The lowest BCUT2D eigenvalue weighted by atomic mass is 10.2. The van der Waals surface area contributed by atoms with E-state index in [0.29, 0.717) is 0 Å². The van der Waals surface area contributed by atoms with Crippen LogP contribution < -0.4 is 0 Å². The zero-order valence-corrected chi connectivity index (χ0v) is 7.08. The van der Waals surface area contributed by atoms with Crippen LogP contribution in [-0.4, -0.2) is 15.6 Å². The van der Waals surface area contributed by atoms with Gasteiger partial charge in [-0.1, -0.05) is 30.0 Å². The number of aliphatic hydroxyl groups excluding tert-OH is 2. The number of fused-ring (bicyclic) bond motifs is 1. The number of thioether (sulfide) groups is 1. The van der Waals surface area contributed by atoms with Gasteiger partial charge in [0.05, 0.1) is 0 Å². The highest BCUT2D eigenvalue weighted by atomic mass is 32.2. The molecule has 1 aromatic carbocycles. The molecule has 0 amide bonds. The lowest BCUT2D eigenvalue weighted by Gasteiger charge is -2.16. The van der Waals surface area contributed by atoms with E-state index in [4.69, 9.17) is 0 Å². The van der Waals surface area contributed by atoms with Crippen molar-refractivity contribution in [2.24, 2.45) is 0 Å². The Bertz CT molecular complexity index is 333. The molecule has 2 N–H and O–H groups in total. The number of aliphatic hydroxyl groups is 2. The first-order valence-corrected chi connectivity index (χ1v) is 4.49. The van der Waals surface area contributed by atoms with Gasteiger partial charge in [-0.05, 0) is 17.7 Å². The standard InChI is InChI=1S/C9H8O2S/c10-7-5-6-3-1-2-4-8(6)12-9(7)11/h1-5,9-11H. The Morgan fingerprint density at radius 3 is 2.83 bits per heavy atom. The third-order valence-electron chi connectivity index (χ3n) is 1.71. The SMILES string of the molecule is OC1=Cc2ccccc2SC1O. The molecule has 0 fully saturated rings. The quantitative estimate of drug-likeness (QED) is 0.641. The molecule has 0 radical (unpaired) electrons. The summed E-state index contributed by atoms with van der Waals surface area (Å²) in [7, 11) is 0. The van der Waals surface area contributed by atoms with Gasteiger partial charge in [0, 0.05) is 4.90 Å². The van der Waals surface area contributed by atoms with Crippen LogP contribution in [0.5, 0.6) is 0 Å². The van der Waals surface area contributed by atoms with Crippen molar-refractivity contribution >= 4 is 17.8 Å². The van der Waals surface area contributed by atoms with Crippen LogP contribution in [0.25, 0.3) is 6.08 Å². The fraction of sp³-hybridized carbons (Fsp3) is 0.111. The molecule has 1 atom stereocenters. The summed E-state index contributed by atoms with van der Waals surface area (Å²) < 4.78 is 0. The lowest BCUT2D eigenvalue weighted by Crippen LogP contribution is -2.08. The molecule has 0 saturated carbocycles. The van der Waals surface area contributed by atoms with Crippen LogP contribution in [0.4, 0.5) is 0 Å². The van der Waals surface area contributed by atoms with Gasteiger partial charge < -0.3 is 10.2 Å². The van der Waals surface area contributed by atoms with Crippen LogP contribution in [0.3, 0.4) is 0 Å². The van der Waals surface area contributed by atoms with E-state index in [1.165, 1.54) is 11.8 Å². The van der Waals surface area contributed by atoms with Gasteiger partial charge in [0.1, 0.15) is 5.76 Å². The highest BCUT2D eigenvalue weighted by Gasteiger charge is 2.18. The molecule has 62 valence electrons. The Labute approximate surface area is 74.5 Å². The molecule has 0 aromatic heterocycles. The van der Waals surface area contributed by atoms with Gasteiger partial charge in [-0.25, -0.2) is 0 Å². The van der Waals surface area contributed by atoms with E-state index in [2.05, 4.69) is 0 Å². The number of hydrogen-bond acceptors (Lipinski definition) is 3. The molecule has 1 aliphatic rings. The highest BCUT2D eigenvalue weighted by molar-refractivity contribution is 8.00. The van der Waals surface area contributed by atoms with E-state index in [1.807, 2.05) is 24.3 Å². The number of benzene rings is 1. The fourth-order valence-corrected chi connectivity index (χ4v) is 1.97. The summed E-state index contributed by atoms with van der Waals surface area (Å²) in [6.07, 6.45) is 1.59. The maximum atomic E-state index is 9.27. The van der Waals surface area contributed by atoms with Crippen LogP contribution in [0, 0.1) is 0 Å². The van der Waals surface area contributed by atoms with Crippen LogP contribution in [-0.2, 0) is 0 Å². The minimum Gasteiger partial charge on any atom is -0.509 e. The summed E-state index contributed by atoms with van der Waals surface area (Å²) in [6.45, 7) is 0. The summed E-state index contributed by atoms with van der Waals surface area (Å²) in [4.78, 5) is 1.00. The van der Waals surface area contributed by atoms with Crippen molar-refractivity contribution in [3.05, 3.63) is 35.6 Å². The average molecular weight is 180 g/mol. The molecule has 0 bridgehead atoms. The molecule has 3 heteroatoms. The first kappa shape index (κ1) is 7.71. The normalized spacial score (nSPS) is 21.4. The molecular weight excluding hydrogens is 172 g/mol. The molecule has 1 unspecified atom stereocenters. The van der Waals surface area contributed by atoms with Gasteiger partial charge in [-0.2, -0.15) is 0 Å². The van der Waals surface area contributed by atoms with Crippen LogP contribution in [0.1, 0.15) is 5.56 Å². The van der Waals surface area contributed by atoms with Crippen LogP contribution in [0.2, 0.25) is 0 Å². The Kier molecular flexibility index (Phi) is 1.83. The van der Waals surface area contributed by atoms with E-state index in [-0.39, 0.29) is 5.76 Å². The van der Waals surface area contributed by atoms with Crippen LogP contribution >= 0.6 is 11.8 Å². The maximum absolute atomic E-state index is 9.27. The third kappa shape index (κ3) is 1.21. The first-order valence-electron chi connectivity index (χ1n) is 3.62. The third-order valence-corrected chi connectivity index (χ3v) is 2.80. The molecule has 12 heavy (non-hydrogen) atoms. The molecule has 1 aromatic rings. The molecule has 0 spiro atoms. The Morgan fingerprint density at radius 1 is 1.25 bits per heavy atom. The van der Waals surface area contributed by atoms with Crippen molar-refractivity contribution in [3.8, 4) is 0 Å². The summed E-state index contributed by atoms with van der Waals surface area (Å²) in [6, 6.07) is 7.65. The van der Waals surface area contributed by atoms with Crippen molar-refractivity contribution in [2.45, 2.75) is 10.3 Å². The second kappa shape index (κ2) is 2.84. The zero-order valence-electron chi connectivity index (χ0n) is 6.27. The lowest BCUT2D eigenvalue weighted by molar-refractivity contribution is 0.227. The topological polar surface area (TPSA) is 40.5 Å². The minimum atomic E-state index is -0.806. The summed E-state index contributed by atoms with van der Waals surface area (Å²) in [5.41, 5.74) is 0.158. The predicted octanol–water partition coefficient (Wildman–Crippen LogP) is 2.01. The monoisotopic (exact) mass is 180 g/mol. The van der Waals surface area contributed by atoms with Crippen molar-refractivity contribution in [2.75, 3.05) is 0 Å². The molecule has 0 aliphatic carbocycles. The van der Waals surface area contributed by atoms with Gasteiger partial charge in [0.25, 0.3) is 0 Å². The van der Waals surface area contributed by atoms with E-state index in [1.54, 1.807) is 6.08 Å². The average Bonchev–Trinajstić information content (AvgIpc) is 2.07. The summed E-state index contributed by atoms with van der Waals surface area (Å²) in [5.74, 6) is 0.0266. The zero-order chi connectivity index (χ0) is 8.55. The van der Waals surface area contributed by atoms with E-state index >= 15 is 0 Å². The van der Waals surface area contributed by atoms with E-state index in [0.717, 1.165) is 10.5 Å². The minimum absolute atomic E-state index is 0.0266. The Balaban J connectivity index is 2.49. The first-order chi connectivity index (χ1) is 5.77. The van der Waals surface area contributed by atoms with Crippen molar-refractivity contribution in [1.82, 2.24) is 0 Å². The number of hydrogen-bond donors (Lipinski definition) is 2. The predicted molar refractivity (Wildman–Crippen MR) is 48.9 cm³/mol. The molecule has 2 nitrogen and oxygen atoms in total. The fourth-order valence-electron chi connectivity index (χ4n) is 1.12. The second-order valence-electron chi connectivity index (χ2n) is 2.58. The largest absolute Gasteiger partial charge is 0.509 e. The second-order valence-corrected chi connectivity index (χ2v) is 3.70. The van der Waals surface area contributed by atoms with E-state index in [9.17, 15) is 10.2 Å². The Morgan fingerprint density at radius 2 is 2.00 bits per heavy atom. The van der Waals surface area contributed by atoms with Crippen molar-refractivity contribution in [1.29, 1.82) is 0 Å². The molecule has 1 heterocycles. The summed E-state index contributed by atoms with van der Waals surface area (Å²) in [5, 5.41) is 18.5. The maximum Gasteiger partial charge on any atom is 0.161 e. The van der Waals surface area contributed by atoms with Crippen molar-refractivity contribution in [3.63, 3.8) is 0 Å². The summed E-state index contributed by atoms with van der Waals surface area (Å²) >= 11 is 1.26. The van der Waals surface area contributed by atoms with Crippen molar-refractivity contribution < 1.29 is 10.2 Å². The highest BCUT2D eigenvalue weighted by Crippen LogP contribution is 2.34. The molecule has 0 saturated heterocycles. The van der Waals surface area contributed by atoms with Gasteiger partial charge in [-0.3, -0.25) is 0 Å². The molecular formula is C9H8O2S. The Hall–Kier alpha value is -0.930. The number of rotatable bonds is 0. The van der Waals surface area contributed by atoms with Gasteiger partial charge in [-0.15, -0.1) is 0 Å².